The van der Waals surface area contributed by atoms with Gasteiger partial charge in [-0.15, -0.1) is 11.3 Å². The molecule has 9 aromatic carbocycles. The maximum absolute atomic E-state index is 4.76. The average molecular weight is 897 g/mol. The Labute approximate surface area is 402 Å². The Morgan fingerprint density at radius 2 is 0.710 bits per heavy atom. The van der Waals surface area contributed by atoms with Crippen LogP contribution in [0.1, 0.15) is 0 Å². The van der Waals surface area contributed by atoms with Gasteiger partial charge in [0.2, 0.25) is 0 Å². The maximum Gasteiger partial charge on any atom is 0.0708 e. The van der Waals surface area contributed by atoms with E-state index in [9.17, 15) is 0 Å². The summed E-state index contributed by atoms with van der Waals surface area (Å²) < 4.78 is 7.39. The number of fused-ring (bicyclic) bond motifs is 9. The fraction of sp³-hybridized carbons (Fsp3) is 0. The molecule has 0 saturated heterocycles. The van der Waals surface area contributed by atoms with Gasteiger partial charge in [0.25, 0.3) is 0 Å². The summed E-state index contributed by atoms with van der Waals surface area (Å²) in [5.74, 6) is 0. The van der Waals surface area contributed by atoms with Crippen molar-refractivity contribution in [2.75, 3.05) is 0 Å². The molecule has 5 heteroatoms. The van der Waals surface area contributed by atoms with Gasteiger partial charge in [0.1, 0.15) is 0 Å². The summed E-state index contributed by atoms with van der Waals surface area (Å²) in [4.78, 5) is 9.52. The van der Waals surface area contributed by atoms with E-state index in [0.717, 1.165) is 61.5 Å². The van der Waals surface area contributed by atoms with Crippen LogP contribution in [0.3, 0.4) is 0 Å². The third-order valence-electron chi connectivity index (χ3n) is 13.9. The summed E-state index contributed by atoms with van der Waals surface area (Å²) >= 11 is 1.86. The van der Waals surface area contributed by atoms with E-state index in [1.54, 1.807) is 0 Å². The molecule has 0 radical (unpaired) electrons. The lowest BCUT2D eigenvalue weighted by Gasteiger charge is -2.11. The van der Waals surface area contributed by atoms with Gasteiger partial charge in [-0.1, -0.05) is 121 Å². The van der Waals surface area contributed by atoms with Gasteiger partial charge in [0.15, 0.2) is 0 Å². The Hall–Kier alpha value is -8.90. The van der Waals surface area contributed by atoms with Crippen LogP contribution >= 0.6 is 11.3 Å². The molecule has 0 spiro atoms. The first-order valence-corrected chi connectivity index (χ1v) is 24.2. The zero-order valence-corrected chi connectivity index (χ0v) is 38.1. The lowest BCUT2D eigenvalue weighted by molar-refractivity contribution is 1.18. The number of nitrogens with zero attached hydrogens (tertiary/aromatic N) is 4. The average Bonchev–Trinajstić information content (AvgIpc) is 4.08. The Morgan fingerprint density at radius 3 is 1.32 bits per heavy atom. The highest BCUT2D eigenvalue weighted by Crippen LogP contribution is 2.43. The molecule has 0 unspecified atom stereocenters. The van der Waals surface area contributed by atoms with Crippen molar-refractivity contribution in [3.8, 4) is 67.3 Å². The third kappa shape index (κ3) is 6.43. The normalized spacial score (nSPS) is 11.8. The Morgan fingerprint density at radius 1 is 0.275 bits per heavy atom. The van der Waals surface area contributed by atoms with Gasteiger partial charge < -0.3 is 9.13 Å². The van der Waals surface area contributed by atoms with Crippen molar-refractivity contribution in [3.05, 3.63) is 243 Å². The number of rotatable bonds is 7. The monoisotopic (exact) mass is 896 g/mol. The van der Waals surface area contributed by atoms with E-state index in [0.29, 0.717) is 0 Å². The summed E-state index contributed by atoms with van der Waals surface area (Å²) in [6.45, 7) is 0. The largest absolute Gasteiger partial charge is 0.309 e. The lowest BCUT2D eigenvalue weighted by Crippen LogP contribution is -1.94. The molecule has 0 amide bonds. The maximum atomic E-state index is 4.76. The first kappa shape index (κ1) is 39.3. The highest BCUT2D eigenvalue weighted by molar-refractivity contribution is 7.25. The molecule has 69 heavy (non-hydrogen) atoms. The Bertz CT molecular complexity index is 4160. The molecule has 0 saturated carbocycles. The van der Waals surface area contributed by atoms with Crippen molar-refractivity contribution in [1.82, 2.24) is 19.1 Å². The number of aromatic nitrogens is 4. The van der Waals surface area contributed by atoms with Crippen molar-refractivity contribution in [2.24, 2.45) is 0 Å². The second-order valence-electron chi connectivity index (χ2n) is 17.7. The molecular weight excluding hydrogens is 857 g/mol. The molecule has 5 aromatic heterocycles. The van der Waals surface area contributed by atoms with Gasteiger partial charge in [-0.3, -0.25) is 9.97 Å². The van der Waals surface area contributed by atoms with E-state index in [2.05, 4.69) is 228 Å². The molecule has 0 aliphatic rings. The lowest BCUT2D eigenvalue weighted by atomic mass is 9.94. The minimum absolute atomic E-state index is 0.958. The van der Waals surface area contributed by atoms with Crippen LogP contribution in [0.5, 0.6) is 0 Å². The van der Waals surface area contributed by atoms with E-state index in [-0.39, 0.29) is 0 Å². The molecule has 4 nitrogen and oxygen atoms in total. The van der Waals surface area contributed by atoms with Crippen LogP contribution in [-0.2, 0) is 0 Å². The van der Waals surface area contributed by atoms with E-state index in [4.69, 9.17) is 9.97 Å². The van der Waals surface area contributed by atoms with Crippen molar-refractivity contribution in [3.63, 3.8) is 0 Å². The standard InChI is InChI=1S/C64H40N4S/c1-2-14-45(15-3-1)67-59-23-9-8-20-51(59)52-36-41(24-29-60(52)67)42-27-32-63-55(37-42)56-40-46(28-33-64(56)69-63)68-61-30-25-43(47-16-4-6-18-49(47)57-21-10-12-34-65-57)38-53(61)54-39-44(26-31-62(54)68)48-17-5-7-19-50(48)58-22-11-13-35-66-58/h1-40H. The number of benzene rings is 9. The summed E-state index contributed by atoms with van der Waals surface area (Å²) in [5.41, 5.74) is 18.2. The number of hydrogen-bond acceptors (Lipinski definition) is 3. The highest BCUT2D eigenvalue weighted by Gasteiger charge is 2.19. The van der Waals surface area contributed by atoms with Gasteiger partial charge in [-0.05, 0) is 143 Å². The first-order valence-electron chi connectivity index (χ1n) is 23.4. The zero-order chi connectivity index (χ0) is 45.4. The van der Waals surface area contributed by atoms with Gasteiger partial charge in [-0.25, -0.2) is 0 Å². The number of pyridine rings is 2. The van der Waals surface area contributed by atoms with E-state index in [1.165, 1.54) is 69.6 Å². The van der Waals surface area contributed by atoms with Crippen LogP contribution in [0.15, 0.2) is 243 Å². The molecule has 0 N–H and O–H groups in total. The van der Waals surface area contributed by atoms with Gasteiger partial charge >= 0.3 is 0 Å². The van der Waals surface area contributed by atoms with E-state index >= 15 is 0 Å². The van der Waals surface area contributed by atoms with Crippen LogP contribution in [0.25, 0.3) is 131 Å². The molecule has 0 aliphatic heterocycles. The van der Waals surface area contributed by atoms with Crippen LogP contribution in [0, 0.1) is 0 Å². The predicted molar refractivity (Wildman–Crippen MR) is 291 cm³/mol. The molecule has 0 bridgehead atoms. The molecule has 14 rings (SSSR count). The van der Waals surface area contributed by atoms with Gasteiger partial charge in [0.05, 0.1) is 33.5 Å². The van der Waals surface area contributed by atoms with E-state index in [1.807, 2.05) is 35.9 Å². The highest BCUT2D eigenvalue weighted by atomic mass is 32.1. The van der Waals surface area contributed by atoms with Gasteiger partial charge in [0, 0.05) is 76.6 Å². The van der Waals surface area contributed by atoms with E-state index < -0.39 is 0 Å². The fourth-order valence-corrected chi connectivity index (χ4v) is 11.8. The van der Waals surface area contributed by atoms with Crippen LogP contribution in [0.2, 0.25) is 0 Å². The second-order valence-corrected chi connectivity index (χ2v) is 18.8. The summed E-state index contributed by atoms with van der Waals surface area (Å²) in [5, 5.41) is 7.42. The topological polar surface area (TPSA) is 35.6 Å². The predicted octanol–water partition coefficient (Wildman–Crippen LogP) is 17.4. The first-order chi connectivity index (χ1) is 34.2. The summed E-state index contributed by atoms with van der Waals surface area (Å²) in [6.07, 6.45) is 3.74. The SMILES string of the molecule is c1ccc(-n2c3ccccc3c3cc(-c4ccc5sc6ccc(-n7c8ccc(-c9ccccc9-c9ccccn9)cc8c8cc(-c9ccccc9-c9ccccn9)ccc87)cc6c5c4)ccc32)cc1. The molecule has 322 valence electrons. The fourth-order valence-electron chi connectivity index (χ4n) is 10.7. The van der Waals surface area contributed by atoms with Crippen molar-refractivity contribution < 1.29 is 0 Å². The van der Waals surface area contributed by atoms with Gasteiger partial charge in [-0.2, -0.15) is 0 Å². The van der Waals surface area contributed by atoms with Crippen molar-refractivity contribution in [1.29, 1.82) is 0 Å². The quantitative estimate of drug-likeness (QED) is 0.160. The minimum Gasteiger partial charge on any atom is -0.309 e. The molecule has 0 aliphatic carbocycles. The third-order valence-corrected chi connectivity index (χ3v) is 15.0. The van der Waals surface area contributed by atoms with Crippen LogP contribution < -0.4 is 0 Å². The van der Waals surface area contributed by atoms with Crippen LogP contribution in [-0.4, -0.2) is 19.1 Å². The molecule has 5 heterocycles. The molecule has 0 fully saturated rings. The van der Waals surface area contributed by atoms with Crippen molar-refractivity contribution >= 4 is 75.1 Å². The molecular formula is C64H40N4S. The molecule has 0 atom stereocenters. The number of para-hydroxylation sites is 2. The summed E-state index contributed by atoms with van der Waals surface area (Å²) in [6, 6.07) is 83.7. The minimum atomic E-state index is 0.958. The summed E-state index contributed by atoms with van der Waals surface area (Å²) in [7, 11) is 0. The smallest absolute Gasteiger partial charge is 0.0708 e. The second kappa shape index (κ2) is 15.9. The van der Waals surface area contributed by atoms with Crippen LogP contribution in [0.4, 0.5) is 0 Å². The number of thiophene rings is 1. The van der Waals surface area contributed by atoms with Crippen molar-refractivity contribution in [2.45, 2.75) is 0 Å². The molecule has 14 aromatic rings. The Kier molecular flexibility index (Phi) is 9.04. The Balaban J connectivity index is 0.944. The zero-order valence-electron chi connectivity index (χ0n) is 37.3. The number of hydrogen-bond donors (Lipinski definition) is 0.